The summed E-state index contributed by atoms with van der Waals surface area (Å²) in [6.45, 7) is 6.41. The number of hydrogen-bond donors (Lipinski definition) is 2. The topological polar surface area (TPSA) is 89.2 Å². The van der Waals surface area contributed by atoms with Gasteiger partial charge in [-0.05, 0) is 37.8 Å². The predicted molar refractivity (Wildman–Crippen MR) is 130 cm³/mol. The maximum atomic E-state index is 11.7. The number of nitrogens with two attached hydrogens (primary N) is 1. The van der Waals surface area contributed by atoms with Gasteiger partial charge in [0.1, 0.15) is 5.75 Å². The SMILES string of the molecule is CCOC(=O)N1CCC(NC(N)=NCC(C)CSc2ccccc2OC)CC1.I. The number of thioether (sulfide) groups is 1. The van der Waals surface area contributed by atoms with Crippen LogP contribution < -0.4 is 15.8 Å². The molecule has 7 nitrogen and oxygen atoms in total. The molecule has 0 saturated carbocycles. The van der Waals surface area contributed by atoms with Crippen LogP contribution in [0, 0.1) is 5.92 Å². The highest BCUT2D eigenvalue weighted by atomic mass is 127. The van der Waals surface area contributed by atoms with Crippen molar-refractivity contribution < 1.29 is 14.3 Å². The van der Waals surface area contributed by atoms with Gasteiger partial charge in [0, 0.05) is 36.3 Å². The number of carbonyl (C=O) groups excluding carboxylic acids is 1. The van der Waals surface area contributed by atoms with Gasteiger partial charge >= 0.3 is 6.09 Å². The van der Waals surface area contributed by atoms with Crippen molar-refractivity contribution in [3.8, 4) is 5.75 Å². The van der Waals surface area contributed by atoms with Crippen LogP contribution in [0.2, 0.25) is 0 Å². The lowest BCUT2D eigenvalue weighted by Gasteiger charge is -2.31. The molecule has 3 N–H and O–H groups in total. The maximum absolute atomic E-state index is 11.7. The van der Waals surface area contributed by atoms with E-state index in [1.54, 1.807) is 23.8 Å². The van der Waals surface area contributed by atoms with Crippen LogP contribution in [0.1, 0.15) is 26.7 Å². The Labute approximate surface area is 195 Å². The van der Waals surface area contributed by atoms with Crippen molar-refractivity contribution in [2.75, 3.05) is 39.1 Å². The fourth-order valence-corrected chi connectivity index (χ4v) is 3.99. The number of guanidine groups is 1. The van der Waals surface area contributed by atoms with E-state index in [2.05, 4.69) is 23.3 Å². The molecular weight excluding hydrogens is 503 g/mol. The number of nitrogens with zero attached hydrogens (tertiary/aromatic N) is 2. The number of ether oxygens (including phenoxy) is 2. The smallest absolute Gasteiger partial charge is 0.409 e. The second-order valence-corrected chi connectivity index (χ2v) is 7.96. The first kappa shape index (κ1) is 25.7. The molecule has 9 heteroatoms. The second-order valence-electron chi connectivity index (χ2n) is 6.90. The van der Waals surface area contributed by atoms with Crippen molar-refractivity contribution in [1.29, 1.82) is 0 Å². The molecule has 0 aromatic heterocycles. The molecule has 1 fully saturated rings. The monoisotopic (exact) mass is 536 g/mol. The van der Waals surface area contributed by atoms with E-state index in [-0.39, 0.29) is 36.1 Å². The van der Waals surface area contributed by atoms with Crippen molar-refractivity contribution in [1.82, 2.24) is 10.2 Å². The summed E-state index contributed by atoms with van der Waals surface area (Å²) in [5.41, 5.74) is 6.05. The minimum atomic E-state index is -0.232. The van der Waals surface area contributed by atoms with Crippen LogP contribution in [0.4, 0.5) is 4.79 Å². The first-order valence-electron chi connectivity index (χ1n) is 9.77. The largest absolute Gasteiger partial charge is 0.496 e. The molecule has 29 heavy (non-hydrogen) atoms. The van der Waals surface area contributed by atoms with Crippen LogP contribution in [-0.2, 0) is 4.74 Å². The van der Waals surface area contributed by atoms with Gasteiger partial charge in [0.2, 0.25) is 0 Å². The Morgan fingerprint density at radius 3 is 2.72 bits per heavy atom. The number of rotatable bonds is 8. The molecule has 1 aromatic carbocycles. The number of para-hydroxylation sites is 1. The quantitative estimate of drug-likeness (QED) is 0.229. The average Bonchev–Trinajstić information content (AvgIpc) is 2.71. The number of carbonyl (C=O) groups is 1. The van der Waals surface area contributed by atoms with E-state index in [4.69, 9.17) is 15.2 Å². The van der Waals surface area contributed by atoms with E-state index in [1.807, 2.05) is 25.1 Å². The zero-order valence-corrected chi connectivity index (χ0v) is 20.6. The van der Waals surface area contributed by atoms with E-state index < -0.39 is 0 Å². The summed E-state index contributed by atoms with van der Waals surface area (Å²) >= 11 is 1.77. The van der Waals surface area contributed by atoms with Gasteiger partial charge in [-0.15, -0.1) is 35.7 Å². The fourth-order valence-electron chi connectivity index (χ4n) is 2.95. The predicted octanol–water partition coefficient (Wildman–Crippen LogP) is 3.57. The number of halogens is 1. The summed E-state index contributed by atoms with van der Waals surface area (Å²) in [5, 5.41) is 3.28. The molecule has 1 saturated heterocycles. The van der Waals surface area contributed by atoms with Gasteiger partial charge in [0.05, 0.1) is 13.7 Å². The van der Waals surface area contributed by atoms with Crippen LogP contribution >= 0.6 is 35.7 Å². The van der Waals surface area contributed by atoms with Gasteiger partial charge in [0.25, 0.3) is 0 Å². The number of piperidine rings is 1. The second kappa shape index (κ2) is 13.8. The number of hydrogen-bond acceptors (Lipinski definition) is 5. The summed E-state index contributed by atoms with van der Waals surface area (Å²) in [6, 6.07) is 8.27. The third-order valence-electron chi connectivity index (χ3n) is 4.54. The minimum absolute atomic E-state index is 0. The molecule has 1 heterocycles. The first-order valence-corrected chi connectivity index (χ1v) is 10.8. The Bertz CT molecular complexity index is 654. The van der Waals surface area contributed by atoms with Crippen molar-refractivity contribution >= 4 is 47.8 Å². The first-order chi connectivity index (χ1) is 13.5. The summed E-state index contributed by atoms with van der Waals surface area (Å²) in [4.78, 5) is 19.1. The van der Waals surface area contributed by atoms with Crippen LogP contribution in [0.25, 0.3) is 0 Å². The average molecular weight is 536 g/mol. The fraction of sp³-hybridized carbons (Fsp3) is 0.600. The number of aliphatic imine (C=N–C) groups is 1. The number of amides is 1. The molecule has 2 rings (SSSR count). The lowest BCUT2D eigenvalue weighted by Crippen LogP contribution is -2.48. The molecule has 0 spiro atoms. The summed E-state index contributed by atoms with van der Waals surface area (Å²) in [6.07, 6.45) is 1.45. The number of likely N-dealkylation sites (tertiary alicyclic amines) is 1. The van der Waals surface area contributed by atoms with Gasteiger partial charge < -0.3 is 25.4 Å². The minimum Gasteiger partial charge on any atom is -0.496 e. The molecule has 1 aliphatic rings. The van der Waals surface area contributed by atoms with Gasteiger partial charge in [-0.2, -0.15) is 0 Å². The summed E-state index contributed by atoms with van der Waals surface area (Å²) in [5.74, 6) is 2.71. The molecule has 1 unspecified atom stereocenters. The van der Waals surface area contributed by atoms with Crippen LogP contribution in [0.3, 0.4) is 0 Å². The highest BCUT2D eigenvalue weighted by molar-refractivity contribution is 14.0. The van der Waals surface area contributed by atoms with Crippen molar-refractivity contribution in [2.24, 2.45) is 16.6 Å². The number of benzene rings is 1. The summed E-state index contributed by atoms with van der Waals surface area (Å²) < 4.78 is 10.4. The Morgan fingerprint density at radius 1 is 1.38 bits per heavy atom. The Kier molecular flexibility index (Phi) is 12.2. The number of methoxy groups -OCH3 is 1. The van der Waals surface area contributed by atoms with E-state index in [1.165, 1.54) is 0 Å². The Balaban J connectivity index is 0.00000420. The molecule has 164 valence electrons. The van der Waals surface area contributed by atoms with Gasteiger partial charge in [-0.1, -0.05) is 19.1 Å². The highest BCUT2D eigenvalue weighted by Gasteiger charge is 2.23. The lowest BCUT2D eigenvalue weighted by atomic mass is 10.1. The van der Waals surface area contributed by atoms with Gasteiger partial charge in [0.15, 0.2) is 5.96 Å². The van der Waals surface area contributed by atoms with Gasteiger partial charge in [-0.25, -0.2) is 4.79 Å². The van der Waals surface area contributed by atoms with Crippen LogP contribution in [0.5, 0.6) is 5.75 Å². The normalized spacial score (nSPS) is 16.0. The molecule has 0 aliphatic carbocycles. The molecule has 1 aromatic rings. The van der Waals surface area contributed by atoms with E-state index in [0.717, 1.165) is 29.2 Å². The molecule has 0 bridgehead atoms. The van der Waals surface area contributed by atoms with Crippen molar-refractivity contribution in [2.45, 2.75) is 37.6 Å². The number of nitrogens with one attached hydrogen (secondary N) is 1. The van der Waals surface area contributed by atoms with Crippen molar-refractivity contribution in [3.63, 3.8) is 0 Å². The van der Waals surface area contributed by atoms with E-state index >= 15 is 0 Å². The van der Waals surface area contributed by atoms with E-state index in [0.29, 0.717) is 38.1 Å². The molecule has 0 radical (unpaired) electrons. The van der Waals surface area contributed by atoms with Crippen molar-refractivity contribution in [3.05, 3.63) is 24.3 Å². The zero-order valence-electron chi connectivity index (χ0n) is 17.4. The molecule has 1 atom stereocenters. The Hall–Kier alpha value is -1.36. The standard InChI is InChI=1S/C20H32N4O3S.HI/c1-4-27-20(25)24-11-9-16(10-12-24)23-19(21)22-13-15(2)14-28-18-8-6-5-7-17(18)26-3;/h5-8,15-16H,4,9-14H2,1-3H3,(H3,21,22,23);1H. The van der Waals surface area contributed by atoms with Crippen LogP contribution in [0.15, 0.2) is 34.2 Å². The zero-order chi connectivity index (χ0) is 20.4. The molecule has 1 amide bonds. The van der Waals surface area contributed by atoms with E-state index in [9.17, 15) is 4.79 Å². The highest BCUT2D eigenvalue weighted by Crippen LogP contribution is 2.30. The van der Waals surface area contributed by atoms with Gasteiger partial charge in [-0.3, -0.25) is 4.99 Å². The maximum Gasteiger partial charge on any atom is 0.409 e. The third-order valence-corrected chi connectivity index (χ3v) is 5.92. The Morgan fingerprint density at radius 2 is 2.07 bits per heavy atom. The lowest BCUT2D eigenvalue weighted by molar-refractivity contribution is 0.0963. The molecular formula is C20H33IN4O3S. The van der Waals surface area contributed by atoms with Crippen LogP contribution in [-0.4, -0.2) is 62.1 Å². The molecule has 1 aliphatic heterocycles. The third kappa shape index (κ3) is 8.90. The summed E-state index contributed by atoms with van der Waals surface area (Å²) in [7, 11) is 1.69.